The molecule has 0 saturated carbocycles. The molecular formula is C27H31N3O3. The van der Waals surface area contributed by atoms with Gasteiger partial charge in [0.2, 0.25) is 11.8 Å². The van der Waals surface area contributed by atoms with Gasteiger partial charge < -0.3 is 20.7 Å². The Morgan fingerprint density at radius 1 is 0.848 bits per heavy atom. The van der Waals surface area contributed by atoms with Crippen LogP contribution in [0.1, 0.15) is 30.9 Å². The van der Waals surface area contributed by atoms with E-state index in [0.717, 1.165) is 35.5 Å². The molecule has 0 saturated heterocycles. The van der Waals surface area contributed by atoms with Crippen molar-refractivity contribution in [3.63, 3.8) is 0 Å². The topological polar surface area (TPSA) is 79.5 Å². The first-order valence-corrected chi connectivity index (χ1v) is 11.2. The fourth-order valence-corrected chi connectivity index (χ4v) is 3.27. The van der Waals surface area contributed by atoms with Crippen molar-refractivity contribution in [2.75, 3.05) is 29.1 Å². The molecule has 0 spiro atoms. The number of benzene rings is 3. The number of hydrogen-bond acceptors (Lipinski definition) is 4. The number of aryl methyl sites for hydroxylation is 2. The highest BCUT2D eigenvalue weighted by Crippen LogP contribution is 2.21. The molecule has 0 fully saturated rings. The predicted molar refractivity (Wildman–Crippen MR) is 134 cm³/mol. The van der Waals surface area contributed by atoms with Crippen LogP contribution in [0.3, 0.4) is 0 Å². The molecule has 0 atom stereocenters. The lowest BCUT2D eigenvalue weighted by Crippen LogP contribution is -2.22. The van der Waals surface area contributed by atoms with E-state index in [9.17, 15) is 9.59 Å². The fraction of sp³-hybridized carbons (Fsp3) is 0.259. The van der Waals surface area contributed by atoms with Gasteiger partial charge in [0.1, 0.15) is 5.75 Å². The molecule has 172 valence electrons. The van der Waals surface area contributed by atoms with Crippen LogP contribution in [0.4, 0.5) is 17.1 Å². The Bertz CT molecular complexity index is 1070. The Morgan fingerprint density at radius 3 is 2.45 bits per heavy atom. The highest BCUT2D eigenvalue weighted by Gasteiger charge is 2.07. The summed E-state index contributed by atoms with van der Waals surface area (Å²) < 4.78 is 5.84. The number of anilines is 3. The van der Waals surface area contributed by atoms with Crippen LogP contribution in [0.25, 0.3) is 0 Å². The van der Waals surface area contributed by atoms with Gasteiger partial charge >= 0.3 is 0 Å². The number of amides is 2. The molecule has 3 N–H and O–H groups in total. The van der Waals surface area contributed by atoms with Crippen LogP contribution in [0.2, 0.25) is 0 Å². The van der Waals surface area contributed by atoms with Crippen LogP contribution < -0.4 is 20.7 Å². The second kappa shape index (κ2) is 12.3. The highest BCUT2D eigenvalue weighted by atomic mass is 16.5. The third-order valence-corrected chi connectivity index (χ3v) is 5.12. The summed E-state index contributed by atoms with van der Waals surface area (Å²) in [6.45, 7) is 4.45. The van der Waals surface area contributed by atoms with Crippen molar-refractivity contribution in [2.45, 2.75) is 33.1 Å². The van der Waals surface area contributed by atoms with Gasteiger partial charge in [0, 0.05) is 29.5 Å². The molecule has 3 rings (SSSR count). The highest BCUT2D eigenvalue weighted by molar-refractivity contribution is 5.94. The summed E-state index contributed by atoms with van der Waals surface area (Å²) in [5, 5.41) is 8.86. The van der Waals surface area contributed by atoms with Gasteiger partial charge in [0.25, 0.3) is 0 Å². The van der Waals surface area contributed by atoms with Crippen molar-refractivity contribution in [1.29, 1.82) is 0 Å². The second-order valence-electron chi connectivity index (χ2n) is 7.80. The van der Waals surface area contributed by atoms with Crippen molar-refractivity contribution >= 4 is 28.9 Å². The zero-order valence-electron chi connectivity index (χ0n) is 19.2. The van der Waals surface area contributed by atoms with E-state index < -0.39 is 0 Å². The normalized spacial score (nSPS) is 10.4. The van der Waals surface area contributed by atoms with Crippen LogP contribution in [0, 0.1) is 6.92 Å². The number of ether oxygens (including phenoxy) is 1. The maximum absolute atomic E-state index is 12.4. The van der Waals surface area contributed by atoms with Crippen LogP contribution in [-0.4, -0.2) is 25.0 Å². The fourth-order valence-electron chi connectivity index (χ4n) is 3.27. The van der Waals surface area contributed by atoms with Gasteiger partial charge in [0.15, 0.2) is 0 Å². The average molecular weight is 446 g/mol. The molecule has 0 heterocycles. The number of carbonyl (C=O) groups is 2. The zero-order chi connectivity index (χ0) is 23.5. The largest absolute Gasteiger partial charge is 0.494 e. The van der Waals surface area contributed by atoms with Gasteiger partial charge in [-0.2, -0.15) is 0 Å². The quantitative estimate of drug-likeness (QED) is 0.345. The predicted octanol–water partition coefficient (Wildman–Crippen LogP) is 5.41. The van der Waals surface area contributed by atoms with E-state index in [1.165, 1.54) is 5.56 Å². The molecular weight excluding hydrogens is 414 g/mol. The van der Waals surface area contributed by atoms with Crippen molar-refractivity contribution < 1.29 is 14.3 Å². The van der Waals surface area contributed by atoms with Crippen LogP contribution in [0.15, 0.2) is 72.8 Å². The maximum Gasteiger partial charge on any atom is 0.243 e. The second-order valence-corrected chi connectivity index (χ2v) is 7.80. The standard InChI is InChI=1S/C27H31N3O3/c1-3-26(31)30-25-18-22(15-14-20(25)2)28-19-27(32)29-23-12-7-13-24(17-23)33-16-8-11-21-9-5-4-6-10-21/h4-7,9-10,12-15,17-18,28H,3,8,11,16,19H2,1-2H3,(H,29,32)(H,30,31). The minimum Gasteiger partial charge on any atom is -0.494 e. The molecule has 0 aliphatic rings. The zero-order valence-corrected chi connectivity index (χ0v) is 19.2. The van der Waals surface area contributed by atoms with Gasteiger partial charge in [-0.25, -0.2) is 0 Å². The summed E-state index contributed by atoms with van der Waals surface area (Å²) in [4.78, 5) is 24.1. The van der Waals surface area contributed by atoms with E-state index >= 15 is 0 Å². The lowest BCUT2D eigenvalue weighted by molar-refractivity contribution is -0.116. The first-order chi connectivity index (χ1) is 16.0. The molecule has 6 heteroatoms. The van der Waals surface area contributed by atoms with E-state index in [1.54, 1.807) is 0 Å². The molecule has 0 radical (unpaired) electrons. The summed E-state index contributed by atoms with van der Waals surface area (Å²) >= 11 is 0. The van der Waals surface area contributed by atoms with E-state index in [2.05, 4.69) is 28.1 Å². The molecule has 33 heavy (non-hydrogen) atoms. The van der Waals surface area contributed by atoms with E-state index in [1.807, 2.05) is 74.5 Å². The monoisotopic (exact) mass is 445 g/mol. The number of rotatable bonds is 11. The van der Waals surface area contributed by atoms with Gasteiger partial charge in [-0.05, 0) is 55.2 Å². The molecule has 0 aromatic heterocycles. The number of nitrogens with one attached hydrogen (secondary N) is 3. The smallest absolute Gasteiger partial charge is 0.243 e. The van der Waals surface area contributed by atoms with Crippen LogP contribution >= 0.6 is 0 Å². The molecule has 0 aliphatic carbocycles. The lowest BCUT2D eigenvalue weighted by atomic mass is 10.1. The third kappa shape index (κ3) is 8.00. The van der Waals surface area contributed by atoms with Crippen LogP contribution in [-0.2, 0) is 16.0 Å². The summed E-state index contributed by atoms with van der Waals surface area (Å²) in [5.41, 5.74) is 4.44. The van der Waals surface area contributed by atoms with Crippen molar-refractivity contribution in [2.24, 2.45) is 0 Å². The molecule has 0 bridgehead atoms. The Hall–Kier alpha value is -3.80. The molecule has 3 aromatic rings. The first-order valence-electron chi connectivity index (χ1n) is 11.2. The van der Waals surface area contributed by atoms with Crippen LogP contribution in [0.5, 0.6) is 5.75 Å². The van der Waals surface area contributed by atoms with E-state index in [-0.39, 0.29) is 18.4 Å². The van der Waals surface area contributed by atoms with Crippen molar-refractivity contribution in [3.8, 4) is 5.75 Å². The van der Waals surface area contributed by atoms with Gasteiger partial charge in [-0.3, -0.25) is 9.59 Å². The van der Waals surface area contributed by atoms with E-state index in [0.29, 0.717) is 18.7 Å². The Kier molecular flexibility index (Phi) is 8.88. The average Bonchev–Trinajstić information content (AvgIpc) is 2.83. The number of hydrogen-bond donors (Lipinski definition) is 3. The Morgan fingerprint density at radius 2 is 1.67 bits per heavy atom. The molecule has 0 unspecified atom stereocenters. The molecule has 2 amide bonds. The van der Waals surface area contributed by atoms with Crippen molar-refractivity contribution in [1.82, 2.24) is 0 Å². The van der Waals surface area contributed by atoms with Gasteiger partial charge in [-0.1, -0.05) is 49.4 Å². The third-order valence-electron chi connectivity index (χ3n) is 5.12. The maximum atomic E-state index is 12.4. The summed E-state index contributed by atoms with van der Waals surface area (Å²) in [5.74, 6) is 0.509. The first kappa shape index (κ1) is 23.9. The summed E-state index contributed by atoms with van der Waals surface area (Å²) in [6.07, 6.45) is 2.29. The Labute approximate surface area is 195 Å². The minimum absolute atomic E-state index is 0.0461. The number of carbonyl (C=O) groups excluding carboxylic acids is 2. The molecule has 6 nitrogen and oxygen atoms in total. The molecule has 3 aromatic carbocycles. The summed E-state index contributed by atoms with van der Waals surface area (Å²) in [6, 6.07) is 23.3. The SMILES string of the molecule is CCC(=O)Nc1cc(NCC(=O)Nc2cccc(OCCCc3ccccc3)c2)ccc1C. The lowest BCUT2D eigenvalue weighted by Gasteiger charge is -2.12. The van der Waals surface area contributed by atoms with Crippen molar-refractivity contribution in [3.05, 3.63) is 83.9 Å². The molecule has 0 aliphatic heterocycles. The van der Waals surface area contributed by atoms with Gasteiger partial charge in [-0.15, -0.1) is 0 Å². The summed E-state index contributed by atoms with van der Waals surface area (Å²) in [7, 11) is 0. The van der Waals surface area contributed by atoms with Gasteiger partial charge in [0.05, 0.1) is 13.2 Å². The Balaban J connectivity index is 1.45. The minimum atomic E-state index is -0.170. The van der Waals surface area contributed by atoms with E-state index in [4.69, 9.17) is 4.74 Å².